The van der Waals surface area contributed by atoms with Gasteiger partial charge in [-0.25, -0.2) is 4.79 Å². The summed E-state index contributed by atoms with van der Waals surface area (Å²) in [5.74, 6) is -1.88. The van der Waals surface area contributed by atoms with E-state index in [9.17, 15) is 24.0 Å². The minimum atomic E-state index is -0.985. The number of hydrogen-bond donors (Lipinski definition) is 5. The molecule has 4 aliphatic rings. The van der Waals surface area contributed by atoms with Crippen molar-refractivity contribution in [3.05, 3.63) is 12.7 Å². The van der Waals surface area contributed by atoms with Crippen molar-refractivity contribution >= 4 is 29.5 Å². The van der Waals surface area contributed by atoms with Crippen LogP contribution in [0.5, 0.6) is 0 Å². The first-order valence-electron chi connectivity index (χ1n) is 18.0. The van der Waals surface area contributed by atoms with Crippen LogP contribution in [0.15, 0.2) is 12.7 Å². The summed E-state index contributed by atoms with van der Waals surface area (Å²) in [6.07, 6.45) is 11.1. The maximum absolute atomic E-state index is 14.9. The molecule has 0 bridgehead atoms. The maximum Gasteiger partial charge on any atom is 0.315 e. The SMILES string of the molecule is C=CCNC(=O)C(=O)C(CCC)NC(=O)[C@@H]1[C@H]2CCC3(CC3)[C@H]2CN1C(=O)[C@@H](NC(=O)N[C@H](CNC)C(C)(C)C)C1(C)CCCCC1. The van der Waals surface area contributed by atoms with E-state index in [4.69, 9.17) is 0 Å². The van der Waals surface area contributed by atoms with Crippen LogP contribution < -0.4 is 26.6 Å². The number of ketones is 1. The number of carbonyl (C=O) groups excluding carboxylic acids is 5. The van der Waals surface area contributed by atoms with E-state index in [0.29, 0.717) is 25.9 Å². The first kappa shape index (κ1) is 36.9. The Hall–Kier alpha value is -2.95. The van der Waals surface area contributed by atoms with Gasteiger partial charge < -0.3 is 31.5 Å². The minimum absolute atomic E-state index is 0.0250. The number of urea groups is 1. The fourth-order valence-corrected chi connectivity index (χ4v) is 8.58. The van der Waals surface area contributed by atoms with Crippen LogP contribution in [0.4, 0.5) is 4.79 Å². The first-order chi connectivity index (χ1) is 22.2. The van der Waals surface area contributed by atoms with Crippen molar-refractivity contribution in [3.8, 4) is 0 Å². The van der Waals surface area contributed by atoms with Crippen molar-refractivity contribution < 1.29 is 24.0 Å². The largest absolute Gasteiger partial charge is 0.346 e. The smallest absolute Gasteiger partial charge is 0.315 e. The molecule has 1 aliphatic heterocycles. The van der Waals surface area contributed by atoms with Gasteiger partial charge in [-0.2, -0.15) is 0 Å². The summed E-state index contributed by atoms with van der Waals surface area (Å²) in [6, 6.07) is -3.11. The van der Waals surface area contributed by atoms with Crippen LogP contribution in [-0.4, -0.2) is 85.3 Å². The lowest BCUT2D eigenvalue weighted by Gasteiger charge is -2.43. The first-order valence-corrected chi connectivity index (χ1v) is 18.0. The molecule has 5 N–H and O–H groups in total. The number of likely N-dealkylation sites (tertiary alicyclic amines) is 1. The molecule has 3 saturated carbocycles. The van der Waals surface area contributed by atoms with E-state index in [1.54, 1.807) is 4.90 Å². The summed E-state index contributed by atoms with van der Waals surface area (Å²) < 4.78 is 0. The van der Waals surface area contributed by atoms with Crippen LogP contribution in [0.25, 0.3) is 0 Å². The molecule has 47 heavy (non-hydrogen) atoms. The van der Waals surface area contributed by atoms with Crippen molar-refractivity contribution in [1.82, 2.24) is 31.5 Å². The molecule has 11 nitrogen and oxygen atoms in total. The predicted octanol–water partition coefficient (Wildman–Crippen LogP) is 3.43. The van der Waals surface area contributed by atoms with E-state index in [1.807, 2.05) is 14.0 Å². The molecule has 0 aromatic carbocycles. The van der Waals surface area contributed by atoms with Crippen LogP contribution in [0.1, 0.15) is 105 Å². The van der Waals surface area contributed by atoms with Gasteiger partial charge in [-0.1, -0.05) is 66.4 Å². The molecule has 0 aromatic heterocycles. The van der Waals surface area contributed by atoms with Gasteiger partial charge in [-0.15, -0.1) is 6.58 Å². The minimum Gasteiger partial charge on any atom is -0.346 e. The number of amides is 5. The fourth-order valence-electron chi connectivity index (χ4n) is 8.58. The zero-order valence-electron chi connectivity index (χ0n) is 29.6. The summed E-state index contributed by atoms with van der Waals surface area (Å²) in [6.45, 7) is 15.0. The normalized spacial score (nSPS) is 26.0. The second-order valence-electron chi connectivity index (χ2n) is 16.1. The highest BCUT2D eigenvalue weighted by atomic mass is 16.2. The molecular weight excluding hydrogens is 596 g/mol. The molecule has 0 radical (unpaired) electrons. The van der Waals surface area contributed by atoms with Gasteiger partial charge in [-0.05, 0) is 80.1 Å². The second kappa shape index (κ2) is 15.1. The quantitative estimate of drug-likeness (QED) is 0.143. The highest BCUT2D eigenvalue weighted by Gasteiger charge is 2.64. The average Bonchev–Trinajstić information content (AvgIpc) is 3.59. The van der Waals surface area contributed by atoms with E-state index in [-0.39, 0.29) is 53.1 Å². The Morgan fingerprint density at radius 2 is 1.66 bits per heavy atom. The van der Waals surface area contributed by atoms with Gasteiger partial charge in [0.15, 0.2) is 0 Å². The molecule has 4 fully saturated rings. The maximum atomic E-state index is 14.9. The summed E-state index contributed by atoms with van der Waals surface area (Å²) in [5.41, 5.74) is -0.506. The Kier molecular flexibility index (Phi) is 11.8. The molecule has 0 aromatic rings. The third-order valence-corrected chi connectivity index (χ3v) is 11.7. The highest BCUT2D eigenvalue weighted by Crippen LogP contribution is 2.66. The monoisotopic (exact) mass is 656 g/mol. The van der Waals surface area contributed by atoms with E-state index < -0.39 is 35.2 Å². The lowest BCUT2D eigenvalue weighted by molar-refractivity contribution is -0.145. The Balaban J connectivity index is 1.62. The van der Waals surface area contributed by atoms with Crippen molar-refractivity contribution in [2.45, 2.75) is 129 Å². The molecule has 1 heterocycles. The van der Waals surface area contributed by atoms with E-state index in [1.165, 1.54) is 6.08 Å². The number of hydrogen-bond acceptors (Lipinski definition) is 6. The molecule has 1 spiro atoms. The van der Waals surface area contributed by atoms with Crippen LogP contribution in [0.2, 0.25) is 0 Å². The number of carbonyl (C=O) groups is 5. The van der Waals surface area contributed by atoms with Crippen LogP contribution in [0.3, 0.4) is 0 Å². The summed E-state index contributed by atoms with van der Waals surface area (Å²) in [5, 5.41) is 14.8. The number of nitrogens with one attached hydrogen (secondary N) is 5. The molecule has 4 rings (SSSR count). The third-order valence-electron chi connectivity index (χ3n) is 11.7. The van der Waals surface area contributed by atoms with Crippen molar-refractivity contribution in [1.29, 1.82) is 0 Å². The molecule has 1 saturated heterocycles. The average molecular weight is 657 g/mol. The molecule has 11 heteroatoms. The lowest BCUT2D eigenvalue weighted by Crippen LogP contribution is -2.63. The molecule has 264 valence electrons. The van der Waals surface area contributed by atoms with Crippen molar-refractivity contribution in [2.24, 2.45) is 28.1 Å². The third kappa shape index (κ3) is 8.20. The topological polar surface area (TPSA) is 149 Å². The van der Waals surface area contributed by atoms with Crippen LogP contribution in [0, 0.1) is 28.1 Å². The van der Waals surface area contributed by atoms with E-state index in [0.717, 1.165) is 57.8 Å². The van der Waals surface area contributed by atoms with Gasteiger partial charge in [0.1, 0.15) is 12.1 Å². The molecule has 1 unspecified atom stereocenters. The zero-order valence-corrected chi connectivity index (χ0v) is 29.6. The summed E-state index contributed by atoms with van der Waals surface area (Å²) in [4.78, 5) is 70.3. The molecule has 3 aliphatic carbocycles. The van der Waals surface area contributed by atoms with Gasteiger partial charge in [0.2, 0.25) is 17.6 Å². The predicted molar refractivity (Wildman–Crippen MR) is 182 cm³/mol. The van der Waals surface area contributed by atoms with Gasteiger partial charge in [0.25, 0.3) is 5.91 Å². The summed E-state index contributed by atoms with van der Waals surface area (Å²) in [7, 11) is 1.85. The van der Waals surface area contributed by atoms with Gasteiger partial charge in [0.05, 0.1) is 6.04 Å². The fraction of sp³-hybridized carbons (Fsp3) is 0.806. The number of fused-ring (bicyclic) bond motifs is 2. The highest BCUT2D eigenvalue weighted by molar-refractivity contribution is 6.38. The second-order valence-corrected chi connectivity index (χ2v) is 16.1. The summed E-state index contributed by atoms with van der Waals surface area (Å²) >= 11 is 0. The Morgan fingerprint density at radius 1 is 0.979 bits per heavy atom. The zero-order chi connectivity index (χ0) is 34.6. The molecule has 5 amide bonds. The number of Topliss-reactive ketones (excluding diaryl/α,β-unsaturated/α-hetero) is 1. The van der Waals surface area contributed by atoms with Gasteiger partial charge in [0, 0.05) is 25.7 Å². The standard InChI is InChI=1S/C36H60N6O5/c1-8-13-25(28(43)31(45)38-20-9-2)39-30(44)27-23-14-17-36(18-19-36)24(23)22-42(27)32(46)29(35(6)15-11-10-12-16-35)41-33(47)40-26(21-37-7)34(3,4)5/h9,23-27,29,37H,2,8,10-22H2,1,3-7H3,(H,38,45)(H,39,44)(H2,40,41,47)/t23-,24-,25?,26+,27-,29+/m0/s1. The van der Waals surface area contributed by atoms with Crippen molar-refractivity contribution in [2.75, 3.05) is 26.7 Å². The van der Waals surface area contributed by atoms with Gasteiger partial charge in [-0.3, -0.25) is 19.2 Å². The Morgan fingerprint density at radius 3 is 2.23 bits per heavy atom. The van der Waals surface area contributed by atoms with Crippen LogP contribution >= 0.6 is 0 Å². The van der Waals surface area contributed by atoms with Gasteiger partial charge >= 0.3 is 6.03 Å². The number of nitrogens with zero attached hydrogens (tertiary/aromatic N) is 1. The molecule has 6 atom stereocenters. The Bertz CT molecular complexity index is 1190. The molecular formula is C36H60N6O5. The van der Waals surface area contributed by atoms with E-state index in [2.05, 4.69) is 60.9 Å². The Labute approximate surface area is 281 Å². The lowest BCUT2D eigenvalue weighted by atomic mass is 9.70. The number of likely N-dealkylation sites (N-methyl/N-ethyl adjacent to an activating group) is 1. The van der Waals surface area contributed by atoms with Crippen molar-refractivity contribution in [3.63, 3.8) is 0 Å². The van der Waals surface area contributed by atoms with Crippen LogP contribution in [-0.2, 0) is 19.2 Å². The number of rotatable bonds is 14. The van der Waals surface area contributed by atoms with E-state index >= 15 is 0 Å².